The quantitative estimate of drug-likeness (QED) is 0.741. The number of hydrogen-bond acceptors (Lipinski definition) is 5. The maximum atomic E-state index is 13.0. The minimum atomic E-state index is -4.84. The first-order valence-corrected chi connectivity index (χ1v) is 8.84. The Bertz CT molecular complexity index is 1010. The number of benzene rings is 2. The first-order chi connectivity index (χ1) is 14.3. The Morgan fingerprint density at radius 3 is 2.37 bits per heavy atom. The van der Waals surface area contributed by atoms with Crippen molar-refractivity contribution in [3.63, 3.8) is 0 Å². The van der Waals surface area contributed by atoms with Gasteiger partial charge in [0, 0.05) is 5.69 Å². The topological polar surface area (TPSA) is 88.1 Å². The molecule has 156 valence electrons. The Kier molecular flexibility index (Phi) is 4.86. The zero-order chi connectivity index (χ0) is 21.5. The molecule has 1 unspecified atom stereocenters. The van der Waals surface area contributed by atoms with Crippen LogP contribution in [0.15, 0.2) is 65.9 Å². The van der Waals surface area contributed by atoms with Crippen LogP contribution < -0.4 is 10.1 Å². The SMILES string of the molecule is O=C(Nc1ccc(Oc2ccccc2)cc1)C1=C(O)C2CO[C@H](C(F)(F)F)N2C1=O. The first kappa shape index (κ1) is 19.8. The van der Waals surface area contributed by atoms with E-state index < -0.39 is 48.2 Å². The van der Waals surface area contributed by atoms with Crippen molar-refractivity contribution in [2.75, 3.05) is 11.9 Å². The molecular weight excluding hydrogens is 405 g/mol. The van der Waals surface area contributed by atoms with Gasteiger partial charge in [-0.25, -0.2) is 0 Å². The standard InChI is InChI=1S/C20H15F3N2O5/c21-20(22,23)19-25-14(10-29-19)16(26)15(18(25)28)17(27)24-11-6-8-13(9-7-11)30-12-4-2-1-3-5-12/h1-9,14,19,26H,10H2,(H,24,27)/t14?,19-/m1/s1. The predicted molar refractivity (Wildman–Crippen MR) is 97.7 cm³/mol. The summed E-state index contributed by atoms with van der Waals surface area (Å²) < 4.78 is 49.3. The number of rotatable bonds is 4. The van der Waals surface area contributed by atoms with Crippen LogP contribution in [-0.4, -0.2) is 46.9 Å². The minimum absolute atomic E-state index is 0.268. The fourth-order valence-electron chi connectivity index (χ4n) is 3.26. The van der Waals surface area contributed by atoms with Gasteiger partial charge >= 0.3 is 6.18 Å². The normalized spacial score (nSPS) is 21.0. The van der Waals surface area contributed by atoms with Crippen LogP contribution in [0.5, 0.6) is 11.5 Å². The molecule has 0 radical (unpaired) electrons. The van der Waals surface area contributed by atoms with E-state index in [9.17, 15) is 27.9 Å². The molecule has 2 aromatic rings. The van der Waals surface area contributed by atoms with Crippen molar-refractivity contribution >= 4 is 17.5 Å². The van der Waals surface area contributed by atoms with Gasteiger partial charge in [0.05, 0.1) is 6.61 Å². The second kappa shape index (κ2) is 7.38. The van der Waals surface area contributed by atoms with E-state index in [-0.39, 0.29) is 5.69 Å². The number of fused-ring (bicyclic) bond motifs is 1. The highest BCUT2D eigenvalue weighted by Gasteiger charge is 2.59. The van der Waals surface area contributed by atoms with Gasteiger partial charge < -0.3 is 19.9 Å². The highest BCUT2D eigenvalue weighted by Crippen LogP contribution is 2.39. The van der Waals surface area contributed by atoms with E-state index in [1.165, 1.54) is 12.1 Å². The van der Waals surface area contributed by atoms with Gasteiger partial charge in [-0.2, -0.15) is 13.2 Å². The first-order valence-electron chi connectivity index (χ1n) is 8.84. The molecule has 1 fully saturated rings. The molecule has 30 heavy (non-hydrogen) atoms. The molecule has 2 atom stereocenters. The lowest BCUT2D eigenvalue weighted by Crippen LogP contribution is -2.46. The molecule has 0 spiro atoms. The van der Waals surface area contributed by atoms with Crippen molar-refractivity contribution in [2.24, 2.45) is 0 Å². The summed E-state index contributed by atoms with van der Waals surface area (Å²) in [5.41, 5.74) is -0.466. The van der Waals surface area contributed by atoms with Crippen molar-refractivity contribution in [1.82, 2.24) is 4.90 Å². The van der Waals surface area contributed by atoms with Crippen LogP contribution in [0.4, 0.5) is 18.9 Å². The third-order valence-electron chi connectivity index (χ3n) is 4.62. The number of carbonyl (C=O) groups is 2. The summed E-state index contributed by atoms with van der Waals surface area (Å²) in [7, 11) is 0. The zero-order valence-electron chi connectivity index (χ0n) is 15.2. The molecule has 2 N–H and O–H groups in total. The largest absolute Gasteiger partial charge is 0.509 e. The average Bonchev–Trinajstić information content (AvgIpc) is 3.25. The van der Waals surface area contributed by atoms with E-state index in [0.29, 0.717) is 16.4 Å². The van der Waals surface area contributed by atoms with E-state index in [1.54, 1.807) is 24.3 Å². The number of nitrogens with one attached hydrogen (secondary N) is 1. The second-order valence-corrected chi connectivity index (χ2v) is 6.61. The van der Waals surface area contributed by atoms with Gasteiger partial charge in [0.2, 0.25) is 6.23 Å². The Hall–Kier alpha value is -3.53. The number of ether oxygens (including phenoxy) is 2. The summed E-state index contributed by atoms with van der Waals surface area (Å²) in [4.78, 5) is 25.2. The molecule has 0 bridgehead atoms. The van der Waals surface area contributed by atoms with Gasteiger partial charge in [-0.3, -0.25) is 14.5 Å². The van der Waals surface area contributed by atoms with Crippen molar-refractivity contribution in [1.29, 1.82) is 0 Å². The third kappa shape index (κ3) is 3.57. The number of nitrogens with zero attached hydrogens (tertiary/aromatic N) is 1. The van der Waals surface area contributed by atoms with Crippen LogP contribution >= 0.6 is 0 Å². The van der Waals surface area contributed by atoms with Gasteiger partial charge in [0.15, 0.2) is 0 Å². The van der Waals surface area contributed by atoms with Crippen molar-refractivity contribution in [2.45, 2.75) is 18.4 Å². The molecule has 2 amide bonds. The van der Waals surface area contributed by atoms with Crippen LogP contribution in [0.2, 0.25) is 0 Å². The number of hydrogen-bond donors (Lipinski definition) is 2. The summed E-state index contributed by atoms with van der Waals surface area (Å²) in [5, 5.41) is 12.6. The molecule has 0 aliphatic carbocycles. The second-order valence-electron chi connectivity index (χ2n) is 6.61. The highest BCUT2D eigenvalue weighted by atomic mass is 19.4. The van der Waals surface area contributed by atoms with Gasteiger partial charge in [-0.15, -0.1) is 0 Å². The molecule has 0 saturated carbocycles. The van der Waals surface area contributed by atoms with E-state index in [0.717, 1.165) is 0 Å². The molecule has 4 rings (SSSR count). The molecule has 2 aliphatic heterocycles. The molecule has 7 nitrogen and oxygen atoms in total. The molecule has 0 aromatic heterocycles. The molecule has 1 saturated heterocycles. The van der Waals surface area contributed by atoms with E-state index >= 15 is 0 Å². The highest BCUT2D eigenvalue weighted by molar-refractivity contribution is 6.24. The number of para-hydroxylation sites is 1. The average molecular weight is 420 g/mol. The number of anilines is 1. The van der Waals surface area contributed by atoms with Gasteiger partial charge in [-0.1, -0.05) is 18.2 Å². The van der Waals surface area contributed by atoms with Gasteiger partial charge in [-0.05, 0) is 36.4 Å². The van der Waals surface area contributed by atoms with Crippen LogP contribution in [0.1, 0.15) is 0 Å². The van der Waals surface area contributed by atoms with Gasteiger partial charge in [0.1, 0.15) is 28.9 Å². The molecule has 2 heterocycles. The third-order valence-corrected chi connectivity index (χ3v) is 4.62. The minimum Gasteiger partial charge on any atom is -0.509 e. The Balaban J connectivity index is 1.46. The van der Waals surface area contributed by atoms with Gasteiger partial charge in [0.25, 0.3) is 11.8 Å². The monoisotopic (exact) mass is 420 g/mol. The predicted octanol–water partition coefficient (Wildman–Crippen LogP) is 3.36. The van der Waals surface area contributed by atoms with E-state index in [4.69, 9.17) is 4.74 Å². The molecule has 10 heteroatoms. The number of amides is 2. The molecule has 2 aliphatic rings. The fraction of sp³-hybridized carbons (Fsp3) is 0.200. The summed E-state index contributed by atoms with van der Waals surface area (Å²) in [6, 6.07) is 13.8. The smallest absolute Gasteiger partial charge is 0.433 e. The Morgan fingerprint density at radius 1 is 1.10 bits per heavy atom. The van der Waals surface area contributed by atoms with Crippen molar-refractivity contribution < 1.29 is 37.3 Å². The lowest BCUT2D eigenvalue weighted by molar-refractivity contribution is -0.238. The summed E-state index contributed by atoms with van der Waals surface area (Å²) in [6.45, 7) is -0.552. The fourth-order valence-corrected chi connectivity index (χ4v) is 3.26. The number of alkyl halides is 3. The summed E-state index contributed by atoms with van der Waals surface area (Å²) in [6.07, 6.45) is -7.34. The zero-order valence-corrected chi connectivity index (χ0v) is 15.2. The lowest BCUT2D eigenvalue weighted by atomic mass is 10.2. The summed E-state index contributed by atoms with van der Waals surface area (Å²) >= 11 is 0. The summed E-state index contributed by atoms with van der Waals surface area (Å²) in [5.74, 6) is -1.89. The van der Waals surface area contributed by atoms with Crippen molar-refractivity contribution in [3.8, 4) is 11.5 Å². The number of carbonyl (C=O) groups excluding carboxylic acids is 2. The maximum absolute atomic E-state index is 13.0. The number of aliphatic hydroxyl groups is 1. The van der Waals surface area contributed by atoms with Crippen LogP contribution in [0, 0.1) is 0 Å². The number of halogens is 3. The molecule has 2 aromatic carbocycles. The number of aliphatic hydroxyl groups excluding tert-OH is 1. The lowest BCUT2D eigenvalue weighted by Gasteiger charge is -2.24. The van der Waals surface area contributed by atoms with E-state index in [1.807, 2.05) is 18.2 Å². The van der Waals surface area contributed by atoms with Crippen molar-refractivity contribution in [3.05, 3.63) is 65.9 Å². The van der Waals surface area contributed by atoms with Crippen LogP contribution in [0.3, 0.4) is 0 Å². The Morgan fingerprint density at radius 2 is 1.73 bits per heavy atom. The van der Waals surface area contributed by atoms with Crippen LogP contribution in [0.25, 0.3) is 0 Å². The molecular formula is C20H15F3N2O5. The Labute approximate surface area is 168 Å². The maximum Gasteiger partial charge on any atom is 0.433 e. The van der Waals surface area contributed by atoms with Crippen LogP contribution in [-0.2, 0) is 14.3 Å². The van der Waals surface area contributed by atoms with E-state index in [2.05, 4.69) is 10.1 Å².